The Hall–Kier alpha value is -0.890. The Labute approximate surface area is 104 Å². The Kier molecular flexibility index (Phi) is 3.94. The lowest BCUT2D eigenvalue weighted by molar-refractivity contribution is -0.663. The number of rotatable bonds is 2. The molecule has 0 bridgehead atoms. The number of halogens is 1. The summed E-state index contributed by atoms with van der Waals surface area (Å²) in [5, 5.41) is 11.6. The van der Waals surface area contributed by atoms with Gasteiger partial charge in [-0.3, -0.25) is 4.90 Å². The van der Waals surface area contributed by atoms with Gasteiger partial charge in [-0.15, -0.1) is 0 Å². The fraction of sp³-hybridized carbons (Fsp3) is 0.417. The average Bonchev–Trinajstić information content (AvgIpc) is 2.34. The quantitative estimate of drug-likeness (QED) is 0.875. The van der Waals surface area contributed by atoms with Gasteiger partial charge >= 0.3 is 0 Å². The Bertz CT molecular complexity index is 376. The van der Waals surface area contributed by atoms with Gasteiger partial charge in [0.2, 0.25) is 0 Å². The zero-order chi connectivity index (χ0) is 11.4. The molecule has 1 fully saturated rings. The highest BCUT2D eigenvalue weighted by Crippen LogP contribution is 2.21. The zero-order valence-electron chi connectivity index (χ0n) is 9.06. The van der Waals surface area contributed by atoms with Crippen molar-refractivity contribution in [2.75, 3.05) is 26.2 Å². The van der Waals surface area contributed by atoms with E-state index in [-0.39, 0.29) is 6.04 Å². The van der Waals surface area contributed by atoms with Crippen LogP contribution in [0.3, 0.4) is 0 Å². The van der Waals surface area contributed by atoms with Crippen molar-refractivity contribution in [3.8, 4) is 6.07 Å². The number of hydrogen-bond donors (Lipinski definition) is 1. The van der Waals surface area contributed by atoms with Crippen LogP contribution in [-0.2, 0) is 0 Å². The van der Waals surface area contributed by atoms with E-state index in [0.717, 1.165) is 36.2 Å². The fourth-order valence-electron chi connectivity index (χ4n) is 2.04. The normalized spacial score (nSPS) is 19.0. The van der Waals surface area contributed by atoms with Crippen LogP contribution in [0.5, 0.6) is 0 Å². The summed E-state index contributed by atoms with van der Waals surface area (Å²) in [6.45, 7) is 4.17. The molecular formula is C12H15BrN3+. The van der Waals surface area contributed by atoms with Crippen LogP contribution in [0.25, 0.3) is 0 Å². The van der Waals surface area contributed by atoms with Crippen LogP contribution in [0.2, 0.25) is 0 Å². The van der Waals surface area contributed by atoms with E-state index in [2.05, 4.69) is 32.2 Å². The minimum atomic E-state index is -0.0956. The molecule has 0 amide bonds. The maximum atomic E-state index is 9.29. The molecule has 4 heteroatoms. The van der Waals surface area contributed by atoms with Gasteiger partial charge in [-0.05, 0) is 17.7 Å². The largest absolute Gasteiger partial charge is 0.344 e. The lowest BCUT2D eigenvalue weighted by Crippen LogP contribution is -2.89. The van der Waals surface area contributed by atoms with Crippen molar-refractivity contribution in [2.24, 2.45) is 0 Å². The first-order valence-corrected chi connectivity index (χ1v) is 6.31. The third-order valence-electron chi connectivity index (χ3n) is 2.91. The predicted octanol–water partition coefficient (Wildman–Crippen LogP) is 0.893. The molecule has 2 rings (SSSR count). The smallest absolute Gasteiger partial charge is 0.124 e. The fourth-order valence-corrected chi connectivity index (χ4v) is 2.30. The summed E-state index contributed by atoms with van der Waals surface area (Å²) in [5.41, 5.74) is 1.09. The molecule has 1 saturated heterocycles. The molecule has 1 atom stereocenters. The molecule has 16 heavy (non-hydrogen) atoms. The highest BCUT2D eigenvalue weighted by molar-refractivity contribution is 9.10. The van der Waals surface area contributed by atoms with Crippen molar-refractivity contribution in [1.29, 1.82) is 5.26 Å². The first-order chi connectivity index (χ1) is 7.81. The van der Waals surface area contributed by atoms with E-state index in [0.29, 0.717) is 0 Å². The average molecular weight is 281 g/mol. The minimum Gasteiger partial charge on any atom is -0.344 e. The van der Waals surface area contributed by atoms with Gasteiger partial charge < -0.3 is 5.32 Å². The summed E-state index contributed by atoms with van der Waals surface area (Å²) in [7, 11) is 0. The number of nitrogens with zero attached hydrogens (tertiary/aromatic N) is 2. The van der Waals surface area contributed by atoms with Crippen molar-refractivity contribution in [2.45, 2.75) is 6.04 Å². The molecule has 0 radical (unpaired) electrons. The summed E-state index contributed by atoms with van der Waals surface area (Å²) in [6, 6.07) is 10.3. The molecule has 1 aromatic rings. The van der Waals surface area contributed by atoms with Gasteiger partial charge in [0.15, 0.2) is 0 Å². The van der Waals surface area contributed by atoms with Gasteiger partial charge in [0.05, 0.1) is 19.2 Å². The SMILES string of the molecule is N#C[C@H](c1ccc(Br)cc1)N1CC[NH2+]CC1. The minimum absolute atomic E-state index is 0.0956. The molecule has 1 aromatic carbocycles. The van der Waals surface area contributed by atoms with Crippen molar-refractivity contribution in [3.05, 3.63) is 34.3 Å². The van der Waals surface area contributed by atoms with Crippen molar-refractivity contribution < 1.29 is 5.32 Å². The second-order valence-electron chi connectivity index (χ2n) is 3.99. The Morgan fingerprint density at radius 2 is 1.88 bits per heavy atom. The lowest BCUT2D eigenvalue weighted by atomic mass is 10.1. The summed E-state index contributed by atoms with van der Waals surface area (Å²) >= 11 is 3.41. The molecule has 0 spiro atoms. The zero-order valence-corrected chi connectivity index (χ0v) is 10.7. The van der Waals surface area contributed by atoms with Crippen molar-refractivity contribution in [3.63, 3.8) is 0 Å². The number of benzene rings is 1. The van der Waals surface area contributed by atoms with E-state index in [9.17, 15) is 5.26 Å². The summed E-state index contributed by atoms with van der Waals surface area (Å²) in [5.74, 6) is 0. The Balaban J connectivity index is 2.15. The van der Waals surface area contributed by atoms with Crippen LogP contribution in [0.4, 0.5) is 0 Å². The summed E-state index contributed by atoms with van der Waals surface area (Å²) in [4.78, 5) is 2.25. The van der Waals surface area contributed by atoms with E-state index >= 15 is 0 Å². The molecule has 0 unspecified atom stereocenters. The van der Waals surface area contributed by atoms with E-state index in [1.54, 1.807) is 0 Å². The molecule has 0 aromatic heterocycles. The van der Waals surface area contributed by atoms with Gasteiger partial charge in [0.25, 0.3) is 0 Å². The number of hydrogen-bond acceptors (Lipinski definition) is 2. The maximum absolute atomic E-state index is 9.29. The second kappa shape index (κ2) is 5.44. The van der Waals surface area contributed by atoms with Gasteiger partial charge in [-0.25, -0.2) is 0 Å². The first-order valence-electron chi connectivity index (χ1n) is 5.52. The molecular weight excluding hydrogens is 266 g/mol. The number of piperazine rings is 1. The van der Waals surface area contributed by atoms with Crippen molar-refractivity contribution >= 4 is 15.9 Å². The molecule has 3 nitrogen and oxygen atoms in total. The first kappa shape index (κ1) is 11.6. The van der Waals surface area contributed by atoms with Gasteiger partial charge in [0.1, 0.15) is 6.04 Å². The van der Waals surface area contributed by atoms with E-state index in [4.69, 9.17) is 0 Å². The molecule has 1 aliphatic rings. The predicted molar refractivity (Wildman–Crippen MR) is 65.7 cm³/mol. The Morgan fingerprint density at radius 3 is 2.44 bits per heavy atom. The standard InChI is InChI=1S/C12H14BrN3/c13-11-3-1-10(2-4-11)12(9-14)16-7-5-15-6-8-16/h1-4,12,15H,5-8H2/p+1/t12-/m1/s1. The van der Waals surface area contributed by atoms with Gasteiger partial charge in [-0.1, -0.05) is 28.1 Å². The summed E-state index contributed by atoms with van der Waals surface area (Å²) in [6.07, 6.45) is 0. The molecule has 0 aliphatic carbocycles. The number of nitriles is 1. The Morgan fingerprint density at radius 1 is 1.25 bits per heavy atom. The van der Waals surface area contributed by atoms with E-state index in [1.165, 1.54) is 0 Å². The molecule has 2 N–H and O–H groups in total. The third-order valence-corrected chi connectivity index (χ3v) is 3.44. The van der Waals surface area contributed by atoms with E-state index in [1.807, 2.05) is 24.3 Å². The van der Waals surface area contributed by atoms with Crippen LogP contribution in [0.1, 0.15) is 11.6 Å². The van der Waals surface area contributed by atoms with Crippen molar-refractivity contribution in [1.82, 2.24) is 4.90 Å². The van der Waals surface area contributed by atoms with Crippen LogP contribution in [-0.4, -0.2) is 31.1 Å². The topological polar surface area (TPSA) is 43.6 Å². The number of nitrogens with two attached hydrogens (primary N) is 1. The molecule has 1 aliphatic heterocycles. The van der Waals surface area contributed by atoms with Crippen LogP contribution in [0, 0.1) is 11.3 Å². The number of quaternary nitrogens is 1. The lowest BCUT2D eigenvalue weighted by Gasteiger charge is -2.29. The van der Waals surface area contributed by atoms with Gasteiger partial charge in [0, 0.05) is 17.6 Å². The second-order valence-corrected chi connectivity index (χ2v) is 4.90. The third kappa shape index (κ3) is 2.62. The highest BCUT2D eigenvalue weighted by atomic mass is 79.9. The van der Waals surface area contributed by atoms with E-state index < -0.39 is 0 Å². The van der Waals surface area contributed by atoms with Crippen LogP contribution < -0.4 is 5.32 Å². The molecule has 84 valence electrons. The highest BCUT2D eigenvalue weighted by Gasteiger charge is 2.22. The monoisotopic (exact) mass is 280 g/mol. The van der Waals surface area contributed by atoms with Crippen LogP contribution >= 0.6 is 15.9 Å². The van der Waals surface area contributed by atoms with Gasteiger partial charge in [-0.2, -0.15) is 5.26 Å². The molecule has 1 heterocycles. The molecule has 0 saturated carbocycles. The maximum Gasteiger partial charge on any atom is 0.124 e. The summed E-state index contributed by atoms with van der Waals surface area (Å²) < 4.78 is 1.06. The van der Waals surface area contributed by atoms with Crippen LogP contribution in [0.15, 0.2) is 28.7 Å².